The fourth-order valence-corrected chi connectivity index (χ4v) is 1.41. The van der Waals surface area contributed by atoms with Gasteiger partial charge in [-0.05, 0) is 18.6 Å². The zero-order valence-corrected chi connectivity index (χ0v) is 9.83. The Morgan fingerprint density at radius 1 is 1.42 bits per heavy atom. The Hall–Kier alpha value is -2.77. The van der Waals surface area contributed by atoms with Crippen LogP contribution in [-0.4, -0.2) is 14.9 Å². The number of nitrogen functional groups attached to an aromatic ring is 1. The predicted molar refractivity (Wildman–Crippen MR) is 64.3 cm³/mol. The third-order valence-corrected chi connectivity index (χ3v) is 2.36. The maximum Gasteiger partial charge on any atom is 0.372 e. The lowest BCUT2D eigenvalue weighted by atomic mass is 10.2. The number of nitro groups is 1. The van der Waals surface area contributed by atoms with E-state index >= 15 is 0 Å². The first-order valence-electron chi connectivity index (χ1n) is 5.18. The average Bonchev–Trinajstić information content (AvgIpc) is 2.33. The minimum Gasteiger partial charge on any atom is -0.433 e. The van der Waals surface area contributed by atoms with E-state index in [4.69, 9.17) is 10.5 Å². The van der Waals surface area contributed by atoms with Crippen LogP contribution in [0.4, 0.5) is 15.9 Å². The van der Waals surface area contributed by atoms with Crippen molar-refractivity contribution in [2.45, 2.75) is 6.92 Å². The van der Waals surface area contributed by atoms with Crippen LogP contribution in [-0.2, 0) is 0 Å². The molecule has 0 aliphatic carbocycles. The minimum atomic E-state index is -0.751. The van der Waals surface area contributed by atoms with Gasteiger partial charge in [-0.3, -0.25) is 10.1 Å². The largest absolute Gasteiger partial charge is 0.433 e. The summed E-state index contributed by atoms with van der Waals surface area (Å²) in [7, 11) is 0. The molecule has 7 nitrogen and oxygen atoms in total. The Bertz CT molecular complexity index is 648. The summed E-state index contributed by atoms with van der Waals surface area (Å²) in [5.74, 6) is -1.04. The second-order valence-corrected chi connectivity index (χ2v) is 3.68. The van der Waals surface area contributed by atoms with Gasteiger partial charge in [-0.15, -0.1) is 0 Å². The molecule has 1 aromatic heterocycles. The van der Waals surface area contributed by atoms with E-state index in [0.717, 1.165) is 12.4 Å². The Labute approximate surface area is 107 Å². The highest BCUT2D eigenvalue weighted by atomic mass is 19.1. The fraction of sp³-hybridized carbons (Fsp3) is 0.0909. The number of nitrogens with two attached hydrogens (primary N) is 1. The smallest absolute Gasteiger partial charge is 0.372 e. The van der Waals surface area contributed by atoms with Crippen molar-refractivity contribution in [1.82, 2.24) is 9.97 Å². The van der Waals surface area contributed by atoms with Crippen LogP contribution in [0.15, 0.2) is 24.5 Å². The van der Waals surface area contributed by atoms with Gasteiger partial charge in [0.25, 0.3) is 0 Å². The van der Waals surface area contributed by atoms with Crippen LogP contribution in [0.1, 0.15) is 5.56 Å². The number of hydrogen-bond acceptors (Lipinski definition) is 6. The quantitative estimate of drug-likeness (QED) is 0.673. The summed E-state index contributed by atoms with van der Waals surface area (Å²) < 4.78 is 18.4. The Morgan fingerprint density at radius 2 is 2.16 bits per heavy atom. The summed E-state index contributed by atoms with van der Waals surface area (Å²) in [6.07, 6.45) is 1.03. The first kappa shape index (κ1) is 12.7. The van der Waals surface area contributed by atoms with Crippen molar-refractivity contribution in [3.05, 3.63) is 46.0 Å². The molecule has 0 saturated heterocycles. The van der Waals surface area contributed by atoms with Crippen molar-refractivity contribution < 1.29 is 14.1 Å². The topological polar surface area (TPSA) is 104 Å². The number of aryl methyl sites for hydroxylation is 1. The normalized spacial score (nSPS) is 10.2. The van der Waals surface area contributed by atoms with Gasteiger partial charge in [-0.1, -0.05) is 6.07 Å². The van der Waals surface area contributed by atoms with Crippen LogP contribution in [0.3, 0.4) is 0 Å². The number of rotatable bonds is 3. The Balaban J connectivity index is 2.46. The molecular weight excluding hydrogens is 255 g/mol. The Kier molecular flexibility index (Phi) is 3.23. The van der Waals surface area contributed by atoms with E-state index in [1.54, 1.807) is 6.92 Å². The molecule has 8 heteroatoms. The summed E-state index contributed by atoms with van der Waals surface area (Å²) in [5, 5.41) is 10.9. The van der Waals surface area contributed by atoms with E-state index in [1.165, 1.54) is 12.1 Å². The molecule has 0 unspecified atom stereocenters. The second kappa shape index (κ2) is 4.84. The number of anilines is 1. The van der Waals surface area contributed by atoms with E-state index in [2.05, 4.69) is 9.97 Å². The molecule has 0 atom stereocenters. The zero-order valence-electron chi connectivity index (χ0n) is 9.83. The van der Waals surface area contributed by atoms with Crippen LogP contribution < -0.4 is 10.5 Å². The number of nitrogens with zero attached hydrogens (tertiary/aromatic N) is 3. The minimum absolute atomic E-state index is 0.126. The number of hydrogen-bond donors (Lipinski definition) is 1. The summed E-state index contributed by atoms with van der Waals surface area (Å²) in [6, 6.07) is 3.85. The van der Waals surface area contributed by atoms with Crippen molar-refractivity contribution in [1.29, 1.82) is 0 Å². The van der Waals surface area contributed by atoms with E-state index in [-0.39, 0.29) is 17.4 Å². The molecule has 1 aromatic carbocycles. The highest BCUT2D eigenvalue weighted by molar-refractivity contribution is 5.59. The van der Waals surface area contributed by atoms with E-state index in [9.17, 15) is 14.5 Å². The monoisotopic (exact) mass is 264 g/mol. The van der Waals surface area contributed by atoms with Crippen LogP contribution in [0.5, 0.6) is 11.6 Å². The van der Waals surface area contributed by atoms with Crippen LogP contribution in [0.25, 0.3) is 0 Å². The lowest BCUT2D eigenvalue weighted by molar-refractivity contribution is -0.385. The van der Waals surface area contributed by atoms with E-state index in [1.807, 2.05) is 0 Å². The van der Waals surface area contributed by atoms with Crippen LogP contribution in [0.2, 0.25) is 0 Å². The van der Waals surface area contributed by atoms with E-state index in [0.29, 0.717) is 5.56 Å². The Morgan fingerprint density at radius 3 is 2.84 bits per heavy atom. The molecule has 0 amide bonds. The first-order valence-corrected chi connectivity index (χ1v) is 5.18. The molecule has 0 fully saturated rings. The average molecular weight is 264 g/mol. The van der Waals surface area contributed by atoms with Gasteiger partial charge in [-0.25, -0.2) is 9.37 Å². The zero-order chi connectivity index (χ0) is 14.0. The molecule has 98 valence electrons. The molecule has 0 aliphatic heterocycles. The molecule has 2 rings (SSSR count). The van der Waals surface area contributed by atoms with Gasteiger partial charge >= 0.3 is 11.6 Å². The molecule has 0 saturated carbocycles. The third-order valence-electron chi connectivity index (χ3n) is 2.36. The maximum absolute atomic E-state index is 13.1. The molecule has 2 aromatic rings. The number of aromatic nitrogens is 2. The van der Waals surface area contributed by atoms with Gasteiger partial charge < -0.3 is 10.5 Å². The fourth-order valence-electron chi connectivity index (χ4n) is 1.41. The van der Waals surface area contributed by atoms with Gasteiger partial charge in [0.15, 0.2) is 0 Å². The van der Waals surface area contributed by atoms with Crippen molar-refractivity contribution in [2.24, 2.45) is 0 Å². The summed E-state index contributed by atoms with van der Waals surface area (Å²) in [6.45, 7) is 1.67. The number of ether oxygens (including phenoxy) is 1. The van der Waals surface area contributed by atoms with Gasteiger partial charge in [0.05, 0.1) is 4.92 Å². The van der Waals surface area contributed by atoms with Gasteiger partial charge in [0, 0.05) is 6.07 Å². The highest BCUT2D eigenvalue weighted by Crippen LogP contribution is 2.33. The SMILES string of the molecule is Cc1ccc(F)cc1Oc1ncnc(N)c1[N+](=O)[O-]. The standard InChI is InChI=1S/C11H9FN4O3/c1-6-2-3-7(12)4-8(6)19-11-9(16(17)18)10(13)14-5-15-11/h2-5H,1H3,(H2,13,14,15). The number of benzene rings is 1. The molecule has 0 aliphatic rings. The molecule has 0 radical (unpaired) electrons. The van der Waals surface area contributed by atoms with Crippen molar-refractivity contribution in [2.75, 3.05) is 5.73 Å². The molecule has 1 heterocycles. The second-order valence-electron chi connectivity index (χ2n) is 3.68. The van der Waals surface area contributed by atoms with Gasteiger partial charge in [0.2, 0.25) is 5.82 Å². The first-order chi connectivity index (χ1) is 8.99. The molecule has 0 spiro atoms. The van der Waals surface area contributed by atoms with Crippen molar-refractivity contribution >= 4 is 11.5 Å². The van der Waals surface area contributed by atoms with Crippen molar-refractivity contribution in [3.8, 4) is 11.6 Å². The number of halogens is 1. The molecular formula is C11H9FN4O3. The maximum atomic E-state index is 13.1. The highest BCUT2D eigenvalue weighted by Gasteiger charge is 2.23. The lowest BCUT2D eigenvalue weighted by Crippen LogP contribution is -2.03. The molecule has 0 bridgehead atoms. The predicted octanol–water partition coefficient (Wildman–Crippen LogP) is 2.21. The van der Waals surface area contributed by atoms with Crippen LogP contribution in [0, 0.1) is 22.9 Å². The molecule has 19 heavy (non-hydrogen) atoms. The third kappa shape index (κ3) is 2.57. The summed E-state index contributed by atoms with van der Waals surface area (Å²) in [4.78, 5) is 17.3. The summed E-state index contributed by atoms with van der Waals surface area (Å²) >= 11 is 0. The van der Waals surface area contributed by atoms with Crippen LogP contribution >= 0.6 is 0 Å². The van der Waals surface area contributed by atoms with Gasteiger partial charge in [-0.2, -0.15) is 4.98 Å². The van der Waals surface area contributed by atoms with Crippen molar-refractivity contribution in [3.63, 3.8) is 0 Å². The summed E-state index contributed by atoms with van der Waals surface area (Å²) in [5.41, 5.74) is 5.45. The van der Waals surface area contributed by atoms with Gasteiger partial charge in [0.1, 0.15) is 17.9 Å². The molecule has 2 N–H and O–H groups in total. The van der Waals surface area contributed by atoms with E-state index < -0.39 is 16.4 Å². The lowest BCUT2D eigenvalue weighted by Gasteiger charge is -2.08.